The van der Waals surface area contributed by atoms with Crippen molar-refractivity contribution >= 4 is 62.6 Å². The summed E-state index contributed by atoms with van der Waals surface area (Å²) >= 11 is 20.5. The predicted molar refractivity (Wildman–Crippen MR) is 179 cm³/mol. The second kappa shape index (κ2) is 14.0. The van der Waals surface area contributed by atoms with Crippen molar-refractivity contribution in [2.45, 2.75) is 47.9 Å². The Kier molecular flexibility index (Phi) is 10.5. The van der Waals surface area contributed by atoms with Crippen molar-refractivity contribution in [2.24, 2.45) is 0 Å². The van der Waals surface area contributed by atoms with Crippen LogP contribution in [0, 0.1) is 5.82 Å². The maximum absolute atomic E-state index is 14.4. The minimum Gasteiger partial charge on any atom is -0.494 e. The predicted octanol–water partition coefficient (Wildman–Crippen LogP) is 7.60. The highest BCUT2D eigenvalue weighted by Gasteiger charge is 2.30. The first-order chi connectivity index (χ1) is 21.8. The van der Waals surface area contributed by atoms with Crippen LogP contribution in [0.1, 0.15) is 43.5 Å². The number of aromatic nitrogens is 2. The standard InChI is InChI=1S/C31H31Cl3FN5O4S2/c1-31(2,20-7-10-23(32)25(34)14-20)28-17-36-30(40(28)21-8-11-26(35)27(15-21)44-3)45-18-19-6-9-22(16-24(19)33)46(42,43)38-29(41)37-39-12-4-5-13-39/h6-11,14-17H,4-5,12-13,18H2,1-3H3,(H2,37,38,41). The van der Waals surface area contributed by atoms with Crippen LogP contribution in [-0.2, 0) is 21.2 Å². The van der Waals surface area contributed by atoms with Crippen molar-refractivity contribution in [3.8, 4) is 11.4 Å². The van der Waals surface area contributed by atoms with Crippen LogP contribution in [0.15, 0.2) is 70.8 Å². The third-order valence-electron chi connectivity index (χ3n) is 7.69. The SMILES string of the molecule is COc1cc(-n2c(C(C)(C)c3ccc(Cl)c(Cl)c3)cnc2SCc2ccc(S(=O)(=O)NC(=O)NN3CCCC3)cc2Cl)ccc1F. The van der Waals surface area contributed by atoms with Crippen LogP contribution in [0.25, 0.3) is 5.69 Å². The molecule has 0 bridgehead atoms. The third-order valence-corrected chi connectivity index (χ3v) is 11.1. The van der Waals surface area contributed by atoms with Crippen LogP contribution in [-0.4, -0.2) is 49.2 Å². The molecular weight excluding hydrogens is 696 g/mol. The van der Waals surface area contributed by atoms with Crippen molar-refractivity contribution < 1.29 is 22.3 Å². The molecule has 9 nitrogen and oxygen atoms in total. The molecule has 0 aliphatic carbocycles. The molecule has 0 atom stereocenters. The normalized spacial score (nSPS) is 14.0. The topological polar surface area (TPSA) is 106 Å². The summed E-state index contributed by atoms with van der Waals surface area (Å²) in [4.78, 5) is 16.8. The number of hydrazine groups is 1. The van der Waals surface area contributed by atoms with E-state index in [1.54, 1.807) is 41.5 Å². The minimum absolute atomic E-state index is 0.0722. The van der Waals surface area contributed by atoms with Crippen molar-refractivity contribution in [1.29, 1.82) is 0 Å². The number of ether oxygens (including phenoxy) is 1. The largest absolute Gasteiger partial charge is 0.494 e. The van der Waals surface area contributed by atoms with Crippen LogP contribution in [0.2, 0.25) is 15.1 Å². The average molecular weight is 727 g/mol. The first-order valence-electron chi connectivity index (χ1n) is 14.2. The highest BCUT2D eigenvalue weighted by atomic mass is 35.5. The van der Waals surface area contributed by atoms with Gasteiger partial charge in [0.05, 0.1) is 39.6 Å². The van der Waals surface area contributed by atoms with E-state index < -0.39 is 27.3 Å². The fraction of sp³-hybridized carbons (Fsp3) is 0.290. The number of imidazole rings is 1. The van der Waals surface area contributed by atoms with Crippen molar-refractivity contribution in [2.75, 3.05) is 20.2 Å². The molecule has 3 aromatic carbocycles. The Bertz CT molecular complexity index is 1880. The van der Waals surface area contributed by atoms with E-state index in [0.717, 1.165) is 24.1 Å². The number of hydrogen-bond acceptors (Lipinski definition) is 7. The molecule has 1 saturated heterocycles. The number of halogens is 4. The molecule has 5 rings (SSSR count). The maximum atomic E-state index is 14.4. The van der Waals surface area contributed by atoms with E-state index in [2.05, 4.69) is 5.43 Å². The van der Waals surface area contributed by atoms with Crippen molar-refractivity contribution in [3.05, 3.63) is 98.5 Å². The number of sulfonamides is 1. The van der Waals surface area contributed by atoms with Gasteiger partial charge in [-0.05, 0) is 60.4 Å². The lowest BCUT2D eigenvalue weighted by Crippen LogP contribution is -2.47. The van der Waals surface area contributed by atoms with Gasteiger partial charge in [-0.2, -0.15) is 0 Å². The summed E-state index contributed by atoms with van der Waals surface area (Å²) in [6.07, 6.45) is 3.60. The fourth-order valence-corrected chi connectivity index (χ4v) is 7.69. The summed E-state index contributed by atoms with van der Waals surface area (Å²) < 4.78 is 49.4. The highest BCUT2D eigenvalue weighted by molar-refractivity contribution is 7.98. The van der Waals surface area contributed by atoms with Gasteiger partial charge < -0.3 is 4.74 Å². The van der Waals surface area contributed by atoms with Gasteiger partial charge in [0, 0.05) is 35.3 Å². The van der Waals surface area contributed by atoms with Crippen LogP contribution in [0.3, 0.4) is 0 Å². The lowest BCUT2D eigenvalue weighted by Gasteiger charge is -2.28. The molecule has 2 heterocycles. The Hall–Kier alpha value is -3.00. The lowest BCUT2D eigenvalue weighted by molar-refractivity contribution is 0.202. The van der Waals surface area contributed by atoms with Gasteiger partial charge in [-0.1, -0.05) is 72.5 Å². The summed E-state index contributed by atoms with van der Waals surface area (Å²) in [7, 11) is -2.77. The molecule has 46 heavy (non-hydrogen) atoms. The molecule has 1 fully saturated rings. The molecule has 0 spiro atoms. The Morgan fingerprint density at radius 2 is 1.76 bits per heavy atom. The molecule has 0 saturated carbocycles. The lowest BCUT2D eigenvalue weighted by atomic mass is 9.81. The quantitative estimate of drug-likeness (QED) is 0.162. The first kappa shape index (κ1) is 34.3. The number of carbonyl (C=O) groups is 1. The minimum atomic E-state index is -4.16. The average Bonchev–Trinajstić information content (AvgIpc) is 3.68. The molecule has 4 aromatic rings. The number of amides is 2. The van der Waals surface area contributed by atoms with Crippen molar-refractivity contribution in [1.82, 2.24) is 24.7 Å². The number of methoxy groups -OCH3 is 1. The molecule has 244 valence electrons. The van der Waals surface area contributed by atoms with Gasteiger partial charge in [0.25, 0.3) is 10.0 Å². The smallest absolute Gasteiger partial charge is 0.343 e. The van der Waals surface area contributed by atoms with Gasteiger partial charge in [-0.3, -0.25) is 9.99 Å². The molecular formula is C31H31Cl3FN5O4S2. The zero-order valence-corrected chi connectivity index (χ0v) is 29.0. The van der Waals surface area contributed by atoms with Gasteiger partial charge in [0.15, 0.2) is 16.7 Å². The van der Waals surface area contributed by atoms with Crippen molar-refractivity contribution in [3.63, 3.8) is 0 Å². The van der Waals surface area contributed by atoms with Gasteiger partial charge in [0.2, 0.25) is 0 Å². The number of rotatable bonds is 10. The van der Waals surface area contributed by atoms with Crippen LogP contribution in [0.5, 0.6) is 5.75 Å². The zero-order valence-electron chi connectivity index (χ0n) is 25.1. The number of nitrogens with zero attached hydrogens (tertiary/aromatic N) is 3. The Morgan fingerprint density at radius 1 is 1.02 bits per heavy atom. The van der Waals surface area contributed by atoms with Gasteiger partial charge in [-0.25, -0.2) is 32.3 Å². The number of nitrogens with one attached hydrogen (secondary N) is 2. The Labute approximate surface area is 286 Å². The van der Waals surface area contributed by atoms with Gasteiger partial charge >= 0.3 is 6.03 Å². The van der Waals surface area contributed by atoms with Crippen LogP contribution < -0.4 is 14.9 Å². The molecule has 1 aliphatic rings. The van der Waals surface area contributed by atoms with Crippen LogP contribution in [0.4, 0.5) is 9.18 Å². The molecule has 0 unspecified atom stereocenters. The second-order valence-electron chi connectivity index (χ2n) is 11.1. The van der Waals surface area contributed by atoms with E-state index in [0.29, 0.717) is 45.3 Å². The summed E-state index contributed by atoms with van der Waals surface area (Å²) in [6, 6.07) is 13.4. The first-order valence-corrected chi connectivity index (χ1v) is 17.8. The summed E-state index contributed by atoms with van der Waals surface area (Å²) in [5, 5.41) is 3.30. The molecule has 0 radical (unpaired) electrons. The molecule has 15 heteroatoms. The fourth-order valence-electron chi connectivity index (χ4n) is 5.08. The second-order valence-corrected chi connectivity index (χ2v) is 15.0. The summed E-state index contributed by atoms with van der Waals surface area (Å²) in [5.41, 5.74) is 4.85. The molecule has 1 aliphatic heterocycles. The van der Waals surface area contributed by atoms with E-state index in [9.17, 15) is 17.6 Å². The van der Waals surface area contributed by atoms with E-state index in [1.807, 2.05) is 29.2 Å². The van der Waals surface area contributed by atoms with E-state index in [4.69, 9.17) is 44.5 Å². The molecule has 2 N–H and O–H groups in total. The van der Waals surface area contributed by atoms with E-state index in [-0.39, 0.29) is 15.7 Å². The Balaban J connectivity index is 1.42. The monoisotopic (exact) mass is 725 g/mol. The van der Waals surface area contributed by atoms with Crippen LogP contribution >= 0.6 is 46.6 Å². The van der Waals surface area contributed by atoms with Gasteiger partial charge in [-0.15, -0.1) is 0 Å². The number of urea groups is 1. The Morgan fingerprint density at radius 3 is 2.43 bits per heavy atom. The van der Waals surface area contributed by atoms with E-state index >= 15 is 0 Å². The summed E-state index contributed by atoms with van der Waals surface area (Å²) in [5.74, 6) is -0.108. The third kappa shape index (κ3) is 7.42. The number of benzene rings is 3. The number of carbonyl (C=O) groups excluding carboxylic acids is 1. The summed E-state index contributed by atoms with van der Waals surface area (Å²) in [6.45, 7) is 5.36. The maximum Gasteiger partial charge on any atom is 0.343 e. The highest BCUT2D eigenvalue weighted by Crippen LogP contribution is 2.39. The van der Waals surface area contributed by atoms with Gasteiger partial charge in [0.1, 0.15) is 0 Å². The molecule has 2 amide bonds. The number of hydrogen-bond donors (Lipinski definition) is 2. The van der Waals surface area contributed by atoms with E-state index in [1.165, 1.54) is 37.1 Å². The number of thioether (sulfide) groups is 1. The molecule has 1 aromatic heterocycles. The zero-order chi connectivity index (χ0) is 33.2.